The summed E-state index contributed by atoms with van der Waals surface area (Å²) in [5, 5.41) is 5.86. The molecule has 7 heteroatoms. The Bertz CT molecular complexity index is 886. The Morgan fingerprint density at radius 3 is 2.32 bits per heavy atom. The molecule has 1 atom stereocenters. The van der Waals surface area contributed by atoms with Gasteiger partial charge in [0.05, 0.1) is 6.04 Å². The van der Waals surface area contributed by atoms with E-state index in [4.69, 9.17) is 0 Å². The second-order valence-corrected chi connectivity index (χ2v) is 10.9. The summed E-state index contributed by atoms with van der Waals surface area (Å²) in [5.41, 5.74) is 1.77. The Morgan fingerprint density at radius 1 is 1.18 bits per heavy atom. The number of rotatable bonds is 9. The second-order valence-electron chi connectivity index (χ2n) is 10.9. The molecule has 34 heavy (non-hydrogen) atoms. The molecule has 1 saturated heterocycles. The highest BCUT2D eigenvalue weighted by molar-refractivity contribution is 6.09. The standard InChI is InChI=1S/C27H42N4O3/c1-7-19-9-11-20(12-10-19)22(30(5)6)17-28-23(32)18-31-24(33)27(29-25(31)34)15-13-21(14-16-27)26(3,4)8-2/h9-12,21-22H,7-8,13-18H2,1-6H3,(H,28,32)(H,29,34). The summed E-state index contributed by atoms with van der Waals surface area (Å²) in [5.74, 6) is -0.0300. The van der Waals surface area contributed by atoms with Gasteiger partial charge in [0.15, 0.2) is 0 Å². The maximum Gasteiger partial charge on any atom is 0.325 e. The van der Waals surface area contributed by atoms with Gasteiger partial charge in [-0.3, -0.25) is 14.5 Å². The van der Waals surface area contributed by atoms with Crippen molar-refractivity contribution in [2.75, 3.05) is 27.2 Å². The van der Waals surface area contributed by atoms with E-state index in [-0.39, 0.29) is 29.8 Å². The number of benzene rings is 1. The van der Waals surface area contributed by atoms with Crippen LogP contribution < -0.4 is 10.6 Å². The number of carbonyl (C=O) groups excluding carboxylic acids is 3. The monoisotopic (exact) mass is 470 g/mol. The molecule has 1 aromatic rings. The van der Waals surface area contributed by atoms with Crippen molar-refractivity contribution in [2.45, 2.75) is 77.8 Å². The van der Waals surface area contributed by atoms with Crippen molar-refractivity contribution in [3.63, 3.8) is 0 Å². The number of carbonyl (C=O) groups is 3. The Labute approximate surface area is 204 Å². The number of imide groups is 1. The van der Waals surface area contributed by atoms with Crippen molar-refractivity contribution in [2.24, 2.45) is 11.3 Å². The molecule has 0 bridgehead atoms. The highest BCUT2D eigenvalue weighted by atomic mass is 16.2. The van der Waals surface area contributed by atoms with Crippen LogP contribution in [0.4, 0.5) is 4.79 Å². The molecule has 1 aliphatic carbocycles. The van der Waals surface area contributed by atoms with E-state index in [2.05, 4.69) is 67.5 Å². The summed E-state index contributed by atoms with van der Waals surface area (Å²) < 4.78 is 0. The summed E-state index contributed by atoms with van der Waals surface area (Å²) in [6.45, 7) is 9.04. The van der Waals surface area contributed by atoms with E-state index >= 15 is 0 Å². The average Bonchev–Trinajstić information content (AvgIpc) is 3.03. The molecule has 1 saturated carbocycles. The van der Waals surface area contributed by atoms with Crippen molar-refractivity contribution in [3.05, 3.63) is 35.4 Å². The van der Waals surface area contributed by atoms with Gasteiger partial charge >= 0.3 is 6.03 Å². The first kappa shape index (κ1) is 26.2. The van der Waals surface area contributed by atoms with Crippen LogP contribution in [0.2, 0.25) is 0 Å². The van der Waals surface area contributed by atoms with E-state index in [0.717, 1.165) is 36.1 Å². The van der Waals surface area contributed by atoms with E-state index in [0.29, 0.717) is 25.3 Å². The number of nitrogens with zero attached hydrogens (tertiary/aromatic N) is 2. The van der Waals surface area contributed by atoms with Crippen LogP contribution in [0, 0.1) is 11.3 Å². The average molecular weight is 471 g/mol. The lowest BCUT2D eigenvalue weighted by molar-refractivity contribution is -0.136. The molecule has 188 valence electrons. The molecule has 0 aromatic heterocycles. The van der Waals surface area contributed by atoms with E-state index < -0.39 is 11.6 Å². The third-order valence-electron chi connectivity index (χ3n) is 8.29. The first-order chi connectivity index (χ1) is 16.0. The third-order valence-corrected chi connectivity index (χ3v) is 8.29. The van der Waals surface area contributed by atoms with Crippen LogP contribution in [0.25, 0.3) is 0 Å². The minimum absolute atomic E-state index is 0.00139. The zero-order chi connectivity index (χ0) is 25.1. The second kappa shape index (κ2) is 10.5. The number of likely N-dealkylation sites (N-methyl/N-ethyl adjacent to an activating group) is 1. The number of nitrogens with one attached hydrogen (secondary N) is 2. The van der Waals surface area contributed by atoms with Gasteiger partial charge in [0.2, 0.25) is 5.91 Å². The van der Waals surface area contributed by atoms with Crippen LogP contribution in [-0.2, 0) is 16.0 Å². The smallest absolute Gasteiger partial charge is 0.325 e. The normalized spacial score (nSPS) is 24.0. The molecule has 1 aromatic carbocycles. The van der Waals surface area contributed by atoms with Crippen LogP contribution in [0.3, 0.4) is 0 Å². The minimum Gasteiger partial charge on any atom is -0.353 e. The Morgan fingerprint density at radius 2 is 1.79 bits per heavy atom. The van der Waals surface area contributed by atoms with Gasteiger partial charge in [0.1, 0.15) is 12.1 Å². The topological polar surface area (TPSA) is 81.8 Å². The Kier molecular flexibility index (Phi) is 8.06. The van der Waals surface area contributed by atoms with Gasteiger partial charge in [-0.15, -0.1) is 0 Å². The predicted molar refractivity (Wildman–Crippen MR) is 134 cm³/mol. The molecule has 1 aliphatic heterocycles. The number of aryl methyl sites for hydroxylation is 1. The van der Waals surface area contributed by atoms with Crippen LogP contribution in [0.1, 0.15) is 77.0 Å². The van der Waals surface area contributed by atoms with Gasteiger partial charge in [0, 0.05) is 6.54 Å². The number of hydrogen-bond donors (Lipinski definition) is 2. The number of amides is 4. The molecule has 1 heterocycles. The Balaban J connectivity index is 1.58. The molecule has 2 fully saturated rings. The van der Waals surface area contributed by atoms with Crippen molar-refractivity contribution < 1.29 is 14.4 Å². The SMILES string of the molecule is CCc1ccc(C(CNC(=O)CN2C(=O)NC3(CCC(C(C)(C)CC)CC3)C2=O)N(C)C)cc1. The van der Waals surface area contributed by atoms with Crippen LogP contribution in [-0.4, -0.2) is 60.4 Å². The molecule has 7 nitrogen and oxygen atoms in total. The summed E-state index contributed by atoms with van der Waals surface area (Å²) in [6.07, 6.45) is 5.17. The van der Waals surface area contributed by atoms with Gasteiger partial charge in [-0.05, 0) is 68.7 Å². The molecular formula is C27H42N4O3. The molecule has 1 spiro atoms. The quantitative estimate of drug-likeness (QED) is 0.537. The fourth-order valence-corrected chi connectivity index (χ4v) is 5.32. The maximum atomic E-state index is 13.2. The lowest BCUT2D eigenvalue weighted by atomic mass is 9.65. The van der Waals surface area contributed by atoms with Gasteiger partial charge in [0.25, 0.3) is 5.91 Å². The highest BCUT2D eigenvalue weighted by Gasteiger charge is 2.53. The number of urea groups is 1. The summed E-state index contributed by atoms with van der Waals surface area (Å²) >= 11 is 0. The summed E-state index contributed by atoms with van der Waals surface area (Å²) in [4.78, 5) is 41.8. The van der Waals surface area contributed by atoms with Crippen LogP contribution >= 0.6 is 0 Å². The zero-order valence-corrected chi connectivity index (χ0v) is 21.7. The lowest BCUT2D eigenvalue weighted by Crippen LogP contribution is -2.51. The van der Waals surface area contributed by atoms with Crippen molar-refractivity contribution in [1.29, 1.82) is 0 Å². The Hall–Kier alpha value is -2.41. The number of hydrogen-bond acceptors (Lipinski definition) is 4. The van der Waals surface area contributed by atoms with E-state index in [9.17, 15) is 14.4 Å². The molecule has 1 unspecified atom stereocenters. The maximum absolute atomic E-state index is 13.2. The summed E-state index contributed by atoms with van der Waals surface area (Å²) in [6, 6.07) is 7.95. The highest BCUT2D eigenvalue weighted by Crippen LogP contribution is 2.45. The third kappa shape index (κ3) is 5.45. The van der Waals surface area contributed by atoms with Crippen LogP contribution in [0.15, 0.2) is 24.3 Å². The molecule has 2 N–H and O–H groups in total. The van der Waals surface area contributed by atoms with Gasteiger partial charge < -0.3 is 15.5 Å². The molecule has 2 aliphatic rings. The molecule has 3 rings (SSSR count). The predicted octanol–water partition coefficient (Wildman–Crippen LogP) is 3.88. The largest absolute Gasteiger partial charge is 0.353 e. The van der Waals surface area contributed by atoms with E-state index in [1.54, 1.807) is 0 Å². The lowest BCUT2D eigenvalue weighted by Gasteiger charge is -2.42. The molecule has 4 amide bonds. The van der Waals surface area contributed by atoms with Gasteiger partial charge in [-0.2, -0.15) is 0 Å². The first-order valence-corrected chi connectivity index (χ1v) is 12.7. The summed E-state index contributed by atoms with van der Waals surface area (Å²) in [7, 11) is 3.95. The van der Waals surface area contributed by atoms with Crippen molar-refractivity contribution >= 4 is 17.8 Å². The van der Waals surface area contributed by atoms with Gasteiger partial charge in [-0.25, -0.2) is 4.79 Å². The fraction of sp³-hybridized carbons (Fsp3) is 0.667. The minimum atomic E-state index is -0.842. The molecule has 0 radical (unpaired) electrons. The zero-order valence-electron chi connectivity index (χ0n) is 21.7. The van der Waals surface area contributed by atoms with Crippen molar-refractivity contribution in [3.8, 4) is 0 Å². The molecular weight excluding hydrogens is 428 g/mol. The van der Waals surface area contributed by atoms with E-state index in [1.807, 2.05) is 14.1 Å². The fourth-order valence-electron chi connectivity index (χ4n) is 5.32. The van der Waals surface area contributed by atoms with E-state index in [1.165, 1.54) is 5.56 Å². The van der Waals surface area contributed by atoms with Crippen LogP contribution in [0.5, 0.6) is 0 Å². The van der Waals surface area contributed by atoms with Gasteiger partial charge in [-0.1, -0.05) is 58.4 Å². The van der Waals surface area contributed by atoms with Crippen molar-refractivity contribution in [1.82, 2.24) is 20.4 Å². The first-order valence-electron chi connectivity index (χ1n) is 12.7.